The van der Waals surface area contributed by atoms with Gasteiger partial charge in [0.15, 0.2) is 0 Å². The molecule has 1 amide bonds. The molecule has 0 saturated carbocycles. The smallest absolute Gasteiger partial charge is 0.372 e. The molecule has 0 spiro atoms. The number of nitrogens with zero attached hydrogens (tertiary/aromatic N) is 2. The van der Waals surface area contributed by atoms with E-state index in [0.29, 0.717) is 0 Å². The number of carbonyl (C=O) groups excluding carboxylic acids is 1. The molecule has 116 valence electrons. The molecule has 2 heterocycles. The van der Waals surface area contributed by atoms with Crippen LogP contribution >= 0.6 is 0 Å². The van der Waals surface area contributed by atoms with Crippen LogP contribution in [0.25, 0.3) is 0 Å². The minimum absolute atomic E-state index is 0.00266. The fourth-order valence-electron chi connectivity index (χ4n) is 2.38. The van der Waals surface area contributed by atoms with Gasteiger partial charge in [0.25, 0.3) is 5.91 Å². The van der Waals surface area contributed by atoms with E-state index < -0.39 is 23.8 Å². The summed E-state index contributed by atoms with van der Waals surface area (Å²) in [6.45, 7) is 0.00531. The molecule has 1 aromatic rings. The molecule has 1 N–H and O–H groups in total. The Morgan fingerprint density at radius 3 is 2.52 bits per heavy atom. The molecule has 1 fully saturated rings. The first-order chi connectivity index (χ1) is 9.82. The summed E-state index contributed by atoms with van der Waals surface area (Å²) in [5, 5.41) is 2.67. The Labute approximate surface area is 119 Å². The number of piperidine rings is 1. The molecule has 1 aliphatic heterocycles. The molecule has 0 aromatic carbocycles. The number of aromatic nitrogens is 1. The van der Waals surface area contributed by atoms with Crippen LogP contribution in [0, 0.1) is 11.7 Å². The maximum atomic E-state index is 13.2. The van der Waals surface area contributed by atoms with Crippen LogP contribution in [-0.4, -0.2) is 42.1 Å². The van der Waals surface area contributed by atoms with Crippen molar-refractivity contribution in [3.05, 3.63) is 23.6 Å². The zero-order valence-corrected chi connectivity index (χ0v) is 11.4. The van der Waals surface area contributed by atoms with Gasteiger partial charge in [-0.2, -0.15) is 13.2 Å². The molecule has 8 heteroatoms. The quantitative estimate of drug-likeness (QED) is 0.855. The number of hydrogen-bond donors (Lipinski definition) is 1. The SMILES string of the molecule is CNc1ncc(F)cc1C(=O)N1CCC(C(F)(F)F)CC1. The van der Waals surface area contributed by atoms with E-state index in [9.17, 15) is 22.4 Å². The van der Waals surface area contributed by atoms with E-state index >= 15 is 0 Å². The van der Waals surface area contributed by atoms with Crippen LogP contribution in [0.1, 0.15) is 23.2 Å². The van der Waals surface area contributed by atoms with Crippen LogP contribution in [-0.2, 0) is 0 Å². The second-order valence-electron chi connectivity index (χ2n) is 4.91. The summed E-state index contributed by atoms with van der Waals surface area (Å²) in [7, 11) is 1.53. The molecular weight excluding hydrogens is 290 g/mol. The third-order valence-electron chi connectivity index (χ3n) is 3.57. The van der Waals surface area contributed by atoms with Gasteiger partial charge in [0.1, 0.15) is 11.6 Å². The van der Waals surface area contributed by atoms with E-state index in [0.717, 1.165) is 12.3 Å². The molecule has 0 aliphatic carbocycles. The number of rotatable bonds is 2. The normalized spacial score (nSPS) is 16.9. The average Bonchev–Trinajstić information content (AvgIpc) is 2.45. The van der Waals surface area contributed by atoms with Crippen molar-refractivity contribution < 1.29 is 22.4 Å². The first kappa shape index (κ1) is 15.5. The van der Waals surface area contributed by atoms with Crippen LogP contribution in [0.3, 0.4) is 0 Å². The molecule has 1 saturated heterocycles. The van der Waals surface area contributed by atoms with E-state index in [2.05, 4.69) is 10.3 Å². The van der Waals surface area contributed by atoms with Crippen molar-refractivity contribution in [3.63, 3.8) is 0 Å². The molecule has 0 bridgehead atoms. The third kappa shape index (κ3) is 3.43. The van der Waals surface area contributed by atoms with Crippen LogP contribution < -0.4 is 5.32 Å². The fraction of sp³-hybridized carbons (Fsp3) is 0.538. The van der Waals surface area contributed by atoms with Gasteiger partial charge in [-0.15, -0.1) is 0 Å². The monoisotopic (exact) mass is 305 g/mol. The molecule has 21 heavy (non-hydrogen) atoms. The Kier molecular flexibility index (Phi) is 4.34. The average molecular weight is 305 g/mol. The lowest BCUT2D eigenvalue weighted by Gasteiger charge is -2.33. The lowest BCUT2D eigenvalue weighted by Crippen LogP contribution is -2.42. The summed E-state index contributed by atoms with van der Waals surface area (Å²) in [4.78, 5) is 17.3. The van der Waals surface area contributed by atoms with Crippen LogP contribution in [0.15, 0.2) is 12.3 Å². The van der Waals surface area contributed by atoms with Crippen molar-refractivity contribution in [1.82, 2.24) is 9.88 Å². The number of likely N-dealkylation sites (tertiary alicyclic amines) is 1. The van der Waals surface area contributed by atoms with Gasteiger partial charge in [-0.3, -0.25) is 4.79 Å². The maximum Gasteiger partial charge on any atom is 0.391 e. The highest BCUT2D eigenvalue weighted by molar-refractivity contribution is 5.98. The summed E-state index contributed by atoms with van der Waals surface area (Å²) in [5.41, 5.74) is 0.0305. The summed E-state index contributed by atoms with van der Waals surface area (Å²) in [6.07, 6.45) is -3.52. The van der Waals surface area contributed by atoms with Crippen molar-refractivity contribution in [2.75, 3.05) is 25.5 Å². The first-order valence-electron chi connectivity index (χ1n) is 6.52. The first-order valence-corrected chi connectivity index (χ1v) is 6.52. The summed E-state index contributed by atoms with van der Waals surface area (Å²) < 4.78 is 51.0. The number of alkyl halides is 3. The van der Waals surface area contributed by atoms with Crippen molar-refractivity contribution in [2.45, 2.75) is 19.0 Å². The highest BCUT2D eigenvalue weighted by atomic mass is 19.4. The van der Waals surface area contributed by atoms with Gasteiger partial charge in [-0.05, 0) is 18.9 Å². The minimum atomic E-state index is -4.23. The number of halogens is 4. The van der Waals surface area contributed by atoms with Crippen molar-refractivity contribution in [2.24, 2.45) is 5.92 Å². The topological polar surface area (TPSA) is 45.2 Å². The molecule has 2 rings (SSSR count). The Morgan fingerprint density at radius 1 is 1.38 bits per heavy atom. The van der Waals surface area contributed by atoms with Crippen LogP contribution in [0.4, 0.5) is 23.4 Å². The Hall–Kier alpha value is -1.86. The Bertz CT molecular complexity index is 525. The van der Waals surface area contributed by atoms with E-state index in [1.807, 2.05) is 0 Å². The highest BCUT2D eigenvalue weighted by Gasteiger charge is 2.41. The number of carbonyl (C=O) groups is 1. The summed E-state index contributed by atoms with van der Waals surface area (Å²) >= 11 is 0. The fourth-order valence-corrected chi connectivity index (χ4v) is 2.38. The molecular formula is C13H15F4N3O. The second-order valence-corrected chi connectivity index (χ2v) is 4.91. The zero-order chi connectivity index (χ0) is 15.6. The lowest BCUT2D eigenvalue weighted by molar-refractivity contribution is -0.183. The van der Waals surface area contributed by atoms with E-state index in [-0.39, 0.29) is 37.3 Å². The molecule has 0 unspecified atom stereocenters. The van der Waals surface area contributed by atoms with E-state index in [4.69, 9.17) is 0 Å². The minimum Gasteiger partial charge on any atom is -0.372 e. The molecule has 4 nitrogen and oxygen atoms in total. The number of hydrogen-bond acceptors (Lipinski definition) is 3. The van der Waals surface area contributed by atoms with Crippen molar-refractivity contribution >= 4 is 11.7 Å². The van der Waals surface area contributed by atoms with Gasteiger partial charge in [0.05, 0.1) is 17.7 Å². The second kappa shape index (κ2) is 5.87. The van der Waals surface area contributed by atoms with E-state index in [1.54, 1.807) is 0 Å². The molecule has 0 radical (unpaired) electrons. The largest absolute Gasteiger partial charge is 0.391 e. The zero-order valence-electron chi connectivity index (χ0n) is 11.4. The standard InChI is InChI=1S/C13H15F4N3O/c1-18-11-10(6-9(14)7-19-11)12(21)20-4-2-8(3-5-20)13(15,16)17/h6-8H,2-5H2,1H3,(H,18,19). The number of pyridine rings is 1. The van der Waals surface area contributed by atoms with Crippen molar-refractivity contribution in [1.29, 1.82) is 0 Å². The Morgan fingerprint density at radius 2 is 2.00 bits per heavy atom. The summed E-state index contributed by atoms with van der Waals surface area (Å²) in [6, 6.07) is 1.04. The number of amides is 1. The predicted octanol–water partition coefficient (Wildman–Crippen LogP) is 2.68. The molecule has 1 aromatic heterocycles. The van der Waals surface area contributed by atoms with E-state index in [1.165, 1.54) is 11.9 Å². The number of anilines is 1. The van der Waals surface area contributed by atoms with Gasteiger partial charge < -0.3 is 10.2 Å². The highest BCUT2D eigenvalue weighted by Crippen LogP contribution is 2.34. The third-order valence-corrected chi connectivity index (χ3v) is 3.57. The number of nitrogens with one attached hydrogen (secondary N) is 1. The van der Waals surface area contributed by atoms with Gasteiger partial charge >= 0.3 is 6.18 Å². The summed E-state index contributed by atoms with van der Waals surface area (Å²) in [5.74, 6) is -2.34. The molecule has 1 aliphatic rings. The van der Waals surface area contributed by atoms with Gasteiger partial charge in [0, 0.05) is 20.1 Å². The van der Waals surface area contributed by atoms with Gasteiger partial charge in [0.2, 0.25) is 0 Å². The Balaban J connectivity index is 2.11. The van der Waals surface area contributed by atoms with Gasteiger partial charge in [-0.25, -0.2) is 9.37 Å². The van der Waals surface area contributed by atoms with Crippen molar-refractivity contribution in [3.8, 4) is 0 Å². The predicted molar refractivity (Wildman–Crippen MR) is 68.4 cm³/mol. The van der Waals surface area contributed by atoms with Crippen LogP contribution in [0.2, 0.25) is 0 Å². The lowest BCUT2D eigenvalue weighted by atomic mass is 9.96. The maximum absolute atomic E-state index is 13.2. The van der Waals surface area contributed by atoms with Gasteiger partial charge in [-0.1, -0.05) is 0 Å². The van der Waals surface area contributed by atoms with Crippen LogP contribution in [0.5, 0.6) is 0 Å². The molecule has 0 atom stereocenters.